The van der Waals surface area contributed by atoms with Gasteiger partial charge in [-0.2, -0.15) is 0 Å². The van der Waals surface area contributed by atoms with Crippen molar-refractivity contribution in [1.29, 1.82) is 0 Å². The van der Waals surface area contributed by atoms with Crippen LogP contribution in [-0.2, 0) is 0 Å². The van der Waals surface area contributed by atoms with Gasteiger partial charge in [-0.15, -0.1) is 0 Å². The monoisotopic (exact) mass is 111 g/mol. The summed E-state index contributed by atoms with van der Waals surface area (Å²) < 4.78 is 22.2. The third-order valence-electron chi connectivity index (χ3n) is 0.532. The van der Waals surface area contributed by atoms with Crippen molar-refractivity contribution in [1.82, 2.24) is 0 Å². The first kappa shape index (κ1) is 6.78. The Morgan fingerprint density at radius 1 is 1.57 bits per heavy atom. The molecule has 0 aliphatic carbocycles. The summed E-state index contributed by atoms with van der Waals surface area (Å²) in [6.45, 7) is -0.377. The summed E-state index contributed by atoms with van der Waals surface area (Å²) in [6.07, 6.45) is -4.36. The Bertz CT molecular complexity index is 50.2. The molecule has 3 N–H and O–H groups in total. The lowest BCUT2D eigenvalue weighted by atomic mass is 10.4. The number of hydrogen-bond acceptors (Lipinski definition) is 2. The van der Waals surface area contributed by atoms with Gasteiger partial charge in [0.15, 0.2) is 0 Å². The van der Waals surface area contributed by atoms with E-state index in [2.05, 4.69) is 5.73 Å². The lowest BCUT2D eigenvalue weighted by molar-refractivity contribution is 0.00150. The predicted molar refractivity (Wildman–Crippen MR) is 21.1 cm³/mol. The van der Waals surface area contributed by atoms with E-state index in [0.29, 0.717) is 0 Å². The lowest BCUT2D eigenvalue weighted by Gasteiger charge is -2.02. The standard InChI is InChI=1S/C3H7F2NO/c4-3(5)2(7)1-6/h2-3,7H,1,6H2/t2-/m1/s1. The van der Waals surface area contributed by atoms with Crippen molar-refractivity contribution >= 4 is 0 Å². The summed E-state index contributed by atoms with van der Waals surface area (Å²) in [5.41, 5.74) is 4.64. The summed E-state index contributed by atoms with van der Waals surface area (Å²) in [7, 11) is 0. The predicted octanol–water partition coefficient (Wildman–Crippen LogP) is -0.429. The van der Waals surface area contributed by atoms with Crippen LogP contribution in [0.4, 0.5) is 8.78 Å². The van der Waals surface area contributed by atoms with Gasteiger partial charge in [0.25, 0.3) is 6.43 Å². The quantitative estimate of drug-likeness (QED) is 0.508. The summed E-state index contributed by atoms with van der Waals surface area (Å²) in [4.78, 5) is 0. The van der Waals surface area contributed by atoms with Crippen LogP contribution in [0.2, 0.25) is 0 Å². The van der Waals surface area contributed by atoms with Crippen LogP contribution in [0.3, 0.4) is 0 Å². The van der Waals surface area contributed by atoms with Gasteiger partial charge in [-0.1, -0.05) is 0 Å². The number of alkyl halides is 2. The van der Waals surface area contributed by atoms with Crippen LogP contribution in [0.15, 0.2) is 0 Å². The van der Waals surface area contributed by atoms with Gasteiger partial charge in [-0.05, 0) is 0 Å². The second-order valence-electron chi connectivity index (χ2n) is 1.14. The number of nitrogens with two attached hydrogens (primary N) is 1. The average Bonchev–Trinajstić information content (AvgIpc) is 1.65. The molecule has 0 aliphatic rings. The van der Waals surface area contributed by atoms with E-state index in [1.165, 1.54) is 0 Å². The molecule has 2 nitrogen and oxygen atoms in total. The number of hydrogen-bond donors (Lipinski definition) is 2. The normalized spacial score (nSPS) is 15.0. The third kappa shape index (κ3) is 2.47. The van der Waals surface area contributed by atoms with Crippen molar-refractivity contribution in [2.75, 3.05) is 6.54 Å². The van der Waals surface area contributed by atoms with E-state index in [0.717, 1.165) is 0 Å². The largest absolute Gasteiger partial charge is 0.386 e. The fourth-order valence-corrected chi connectivity index (χ4v) is 0.103. The molecule has 0 fully saturated rings. The number of aliphatic hydroxyl groups is 1. The maximum Gasteiger partial charge on any atom is 0.265 e. The minimum atomic E-state index is -2.70. The van der Waals surface area contributed by atoms with Crippen molar-refractivity contribution < 1.29 is 13.9 Å². The Kier molecular flexibility index (Phi) is 2.78. The van der Waals surface area contributed by atoms with Crippen LogP contribution >= 0.6 is 0 Å². The summed E-state index contributed by atoms with van der Waals surface area (Å²) in [5, 5.41) is 8.06. The average molecular weight is 111 g/mol. The van der Waals surface area contributed by atoms with Gasteiger partial charge in [0.2, 0.25) is 0 Å². The van der Waals surface area contributed by atoms with Gasteiger partial charge < -0.3 is 10.8 Å². The number of rotatable bonds is 2. The Balaban J connectivity index is 3.14. The van der Waals surface area contributed by atoms with Crippen LogP contribution in [0.1, 0.15) is 0 Å². The first-order valence-corrected chi connectivity index (χ1v) is 1.84. The minimum Gasteiger partial charge on any atom is -0.386 e. The van der Waals surface area contributed by atoms with E-state index in [1.54, 1.807) is 0 Å². The van der Waals surface area contributed by atoms with Crippen LogP contribution in [0, 0.1) is 0 Å². The SMILES string of the molecule is NC[C@@H](O)C(F)F. The van der Waals surface area contributed by atoms with Crippen molar-refractivity contribution in [2.24, 2.45) is 5.73 Å². The van der Waals surface area contributed by atoms with E-state index in [-0.39, 0.29) is 6.54 Å². The van der Waals surface area contributed by atoms with E-state index >= 15 is 0 Å². The molecule has 0 saturated carbocycles. The molecule has 0 unspecified atom stereocenters. The summed E-state index contributed by atoms with van der Waals surface area (Å²) >= 11 is 0. The zero-order valence-corrected chi connectivity index (χ0v) is 3.64. The third-order valence-corrected chi connectivity index (χ3v) is 0.532. The highest BCUT2D eigenvalue weighted by Gasteiger charge is 2.12. The molecule has 0 aromatic rings. The highest BCUT2D eigenvalue weighted by molar-refractivity contribution is 4.55. The molecule has 0 heterocycles. The fourth-order valence-electron chi connectivity index (χ4n) is 0.103. The van der Waals surface area contributed by atoms with Gasteiger partial charge in [-0.25, -0.2) is 8.78 Å². The molecular weight excluding hydrogens is 104 g/mol. The number of aliphatic hydroxyl groups excluding tert-OH is 1. The van der Waals surface area contributed by atoms with Crippen molar-refractivity contribution in [3.05, 3.63) is 0 Å². The first-order chi connectivity index (χ1) is 3.18. The van der Waals surface area contributed by atoms with E-state index < -0.39 is 12.5 Å². The molecule has 0 amide bonds. The molecule has 0 radical (unpaired) electrons. The molecule has 7 heavy (non-hydrogen) atoms. The van der Waals surface area contributed by atoms with Gasteiger partial charge in [-0.3, -0.25) is 0 Å². The Morgan fingerprint density at radius 2 is 2.00 bits per heavy atom. The molecule has 0 aromatic heterocycles. The van der Waals surface area contributed by atoms with Gasteiger partial charge >= 0.3 is 0 Å². The molecule has 44 valence electrons. The molecule has 0 spiro atoms. The first-order valence-electron chi connectivity index (χ1n) is 1.84. The van der Waals surface area contributed by atoms with Gasteiger partial charge in [0.05, 0.1) is 0 Å². The van der Waals surface area contributed by atoms with Crippen LogP contribution in [0.25, 0.3) is 0 Å². The highest BCUT2D eigenvalue weighted by Crippen LogP contribution is 1.96. The molecule has 0 saturated heterocycles. The van der Waals surface area contributed by atoms with E-state index in [9.17, 15) is 8.78 Å². The van der Waals surface area contributed by atoms with E-state index in [1.807, 2.05) is 0 Å². The summed E-state index contributed by atoms with van der Waals surface area (Å²) in [5.74, 6) is 0. The van der Waals surface area contributed by atoms with Crippen molar-refractivity contribution in [3.63, 3.8) is 0 Å². The zero-order valence-electron chi connectivity index (χ0n) is 3.64. The molecular formula is C3H7F2NO. The van der Waals surface area contributed by atoms with Crippen molar-refractivity contribution in [3.8, 4) is 0 Å². The van der Waals surface area contributed by atoms with E-state index in [4.69, 9.17) is 5.11 Å². The lowest BCUT2D eigenvalue weighted by Crippen LogP contribution is -2.26. The second kappa shape index (κ2) is 2.87. The minimum absolute atomic E-state index is 0.377. The molecule has 0 bridgehead atoms. The van der Waals surface area contributed by atoms with Crippen LogP contribution in [0.5, 0.6) is 0 Å². The Morgan fingerprint density at radius 3 is 2.00 bits per heavy atom. The Hall–Kier alpha value is -0.220. The molecule has 0 aromatic carbocycles. The van der Waals surface area contributed by atoms with Crippen LogP contribution in [-0.4, -0.2) is 24.2 Å². The van der Waals surface area contributed by atoms with Crippen molar-refractivity contribution in [2.45, 2.75) is 12.5 Å². The summed E-state index contributed by atoms with van der Waals surface area (Å²) in [6, 6.07) is 0. The molecule has 0 aliphatic heterocycles. The smallest absolute Gasteiger partial charge is 0.265 e. The van der Waals surface area contributed by atoms with Crippen LogP contribution < -0.4 is 5.73 Å². The molecule has 4 heteroatoms. The highest BCUT2D eigenvalue weighted by atomic mass is 19.3. The second-order valence-corrected chi connectivity index (χ2v) is 1.14. The molecule has 0 rings (SSSR count). The number of halogens is 2. The zero-order chi connectivity index (χ0) is 5.86. The maximum atomic E-state index is 11.1. The Labute approximate surface area is 39.9 Å². The van der Waals surface area contributed by atoms with Gasteiger partial charge in [0.1, 0.15) is 6.10 Å². The molecule has 1 atom stereocenters. The topological polar surface area (TPSA) is 46.2 Å². The fraction of sp³-hybridized carbons (Fsp3) is 1.00. The maximum absolute atomic E-state index is 11.1. The van der Waals surface area contributed by atoms with Gasteiger partial charge in [0, 0.05) is 6.54 Å².